The minimum Gasteiger partial charge on any atom is -0.384 e. The molecule has 134 valence electrons. The largest absolute Gasteiger partial charge is 0.384 e. The van der Waals surface area contributed by atoms with Gasteiger partial charge in [-0.05, 0) is 37.4 Å². The summed E-state index contributed by atoms with van der Waals surface area (Å²) in [4.78, 5) is 12.9. The summed E-state index contributed by atoms with van der Waals surface area (Å²) in [6.45, 7) is 6.07. The number of hydrogen-bond donors (Lipinski definition) is 0. The highest BCUT2D eigenvalue weighted by molar-refractivity contribution is 7.21. The molecule has 0 fully saturated rings. The number of thiazole rings is 1. The number of rotatable bonds is 6. The number of ether oxygens (including phenoxy) is 1. The third kappa shape index (κ3) is 3.68. The Morgan fingerprint density at radius 2 is 2.08 bits per heavy atom. The zero-order chi connectivity index (χ0) is 18.7. The van der Waals surface area contributed by atoms with Gasteiger partial charge in [-0.1, -0.05) is 0 Å². The van der Waals surface area contributed by atoms with Crippen molar-refractivity contribution in [3.05, 3.63) is 41.5 Å². The van der Waals surface area contributed by atoms with Gasteiger partial charge in [0.15, 0.2) is 5.82 Å². The van der Waals surface area contributed by atoms with Crippen LogP contribution >= 0.6 is 11.3 Å². The second-order valence-electron chi connectivity index (χ2n) is 5.68. The van der Waals surface area contributed by atoms with E-state index in [-0.39, 0.29) is 5.52 Å². The molecule has 0 unspecified atom stereocenters. The van der Waals surface area contributed by atoms with E-state index in [0.717, 1.165) is 11.6 Å². The molecule has 0 aliphatic carbocycles. The standard InChI is InChI=1S/C19H17F2N3OS/c1-11-7-13(17(15(8-11)22-2)23-5-4-6-25-3)19-24-18-14(21)9-12(20)10-16(18)26-19/h5,7-10H,2,4,6H2,1,3H3/b23-5-. The fourth-order valence-corrected chi connectivity index (χ4v) is 3.60. The van der Waals surface area contributed by atoms with E-state index in [4.69, 9.17) is 4.74 Å². The maximum absolute atomic E-state index is 14.0. The Labute approximate surface area is 153 Å². The van der Waals surface area contributed by atoms with Gasteiger partial charge in [-0.15, -0.1) is 11.3 Å². The molecule has 4 nitrogen and oxygen atoms in total. The van der Waals surface area contributed by atoms with E-state index in [1.165, 1.54) is 17.4 Å². The third-order valence-electron chi connectivity index (χ3n) is 3.72. The lowest BCUT2D eigenvalue weighted by atomic mass is 10.1. The van der Waals surface area contributed by atoms with Gasteiger partial charge in [0.1, 0.15) is 16.3 Å². The van der Waals surface area contributed by atoms with Gasteiger partial charge in [-0.2, -0.15) is 0 Å². The van der Waals surface area contributed by atoms with Crippen molar-refractivity contribution in [3.63, 3.8) is 0 Å². The van der Waals surface area contributed by atoms with Crippen LogP contribution in [0.4, 0.5) is 20.2 Å². The summed E-state index contributed by atoms with van der Waals surface area (Å²) in [5.41, 5.74) is 3.02. The van der Waals surface area contributed by atoms with Gasteiger partial charge in [0.05, 0.1) is 22.7 Å². The van der Waals surface area contributed by atoms with Crippen LogP contribution in [0.1, 0.15) is 12.0 Å². The van der Waals surface area contributed by atoms with E-state index < -0.39 is 11.6 Å². The summed E-state index contributed by atoms with van der Waals surface area (Å²) in [7, 11) is 1.62. The minimum absolute atomic E-state index is 0.148. The molecular formula is C19H17F2N3OS. The van der Waals surface area contributed by atoms with Crippen LogP contribution in [0.5, 0.6) is 0 Å². The zero-order valence-corrected chi connectivity index (χ0v) is 15.2. The number of aryl methyl sites for hydroxylation is 1. The van der Waals surface area contributed by atoms with Crippen molar-refractivity contribution >= 4 is 45.9 Å². The summed E-state index contributed by atoms with van der Waals surface area (Å²) >= 11 is 1.21. The molecule has 26 heavy (non-hydrogen) atoms. The first-order valence-corrected chi connectivity index (χ1v) is 8.74. The predicted octanol–water partition coefficient (Wildman–Crippen LogP) is 5.62. The van der Waals surface area contributed by atoms with Gasteiger partial charge in [0, 0.05) is 31.4 Å². The number of hydrogen-bond acceptors (Lipinski definition) is 5. The van der Waals surface area contributed by atoms with Crippen LogP contribution in [0.2, 0.25) is 0 Å². The van der Waals surface area contributed by atoms with E-state index in [1.807, 2.05) is 19.1 Å². The minimum atomic E-state index is -0.678. The number of aliphatic imine (C=N–C) groups is 2. The average Bonchev–Trinajstić information content (AvgIpc) is 3.03. The number of methoxy groups -OCH3 is 1. The molecule has 3 rings (SSSR count). The number of nitrogens with zero attached hydrogens (tertiary/aromatic N) is 3. The molecular weight excluding hydrogens is 356 g/mol. The molecule has 0 aliphatic rings. The Bertz CT molecular complexity index is 998. The first-order valence-electron chi connectivity index (χ1n) is 7.92. The molecule has 7 heteroatoms. The summed E-state index contributed by atoms with van der Waals surface area (Å²) in [5, 5.41) is 0.553. The van der Waals surface area contributed by atoms with E-state index in [2.05, 4.69) is 21.7 Å². The fourth-order valence-electron chi connectivity index (χ4n) is 2.58. The van der Waals surface area contributed by atoms with Gasteiger partial charge in [-0.3, -0.25) is 9.98 Å². The summed E-state index contributed by atoms with van der Waals surface area (Å²) in [5.74, 6) is -1.30. The van der Waals surface area contributed by atoms with Gasteiger partial charge >= 0.3 is 0 Å². The number of fused-ring (bicyclic) bond motifs is 1. The first-order chi connectivity index (χ1) is 12.5. The molecule has 0 saturated heterocycles. The zero-order valence-electron chi connectivity index (χ0n) is 14.4. The lowest BCUT2D eigenvalue weighted by Crippen LogP contribution is -1.89. The quantitative estimate of drug-likeness (QED) is 0.416. The molecule has 3 aromatic rings. The number of benzene rings is 2. The molecule has 0 atom stereocenters. The average molecular weight is 373 g/mol. The molecule has 0 aliphatic heterocycles. The third-order valence-corrected chi connectivity index (χ3v) is 4.76. The second kappa shape index (κ2) is 7.80. The van der Waals surface area contributed by atoms with Crippen molar-refractivity contribution in [1.29, 1.82) is 0 Å². The normalized spacial score (nSPS) is 11.5. The van der Waals surface area contributed by atoms with Crippen LogP contribution in [0, 0.1) is 18.6 Å². The Morgan fingerprint density at radius 1 is 1.27 bits per heavy atom. The Hall–Kier alpha value is -2.51. The van der Waals surface area contributed by atoms with Gasteiger partial charge in [0.25, 0.3) is 0 Å². The van der Waals surface area contributed by atoms with Crippen LogP contribution in [0.3, 0.4) is 0 Å². The van der Waals surface area contributed by atoms with Crippen LogP contribution in [0.15, 0.2) is 34.3 Å². The van der Waals surface area contributed by atoms with Crippen molar-refractivity contribution < 1.29 is 13.5 Å². The van der Waals surface area contributed by atoms with Crippen LogP contribution in [0.25, 0.3) is 20.8 Å². The van der Waals surface area contributed by atoms with E-state index in [0.29, 0.717) is 39.7 Å². The first kappa shape index (κ1) is 18.3. The molecule has 1 aromatic heterocycles. The molecule has 0 N–H and O–H groups in total. The number of halogens is 2. The highest BCUT2D eigenvalue weighted by atomic mass is 32.1. The smallest absolute Gasteiger partial charge is 0.153 e. The second-order valence-corrected chi connectivity index (χ2v) is 6.72. The highest BCUT2D eigenvalue weighted by Crippen LogP contribution is 2.42. The Morgan fingerprint density at radius 3 is 2.81 bits per heavy atom. The highest BCUT2D eigenvalue weighted by Gasteiger charge is 2.16. The molecule has 0 bridgehead atoms. The van der Waals surface area contributed by atoms with Crippen LogP contribution < -0.4 is 0 Å². The lowest BCUT2D eigenvalue weighted by molar-refractivity contribution is 0.208. The molecule has 0 radical (unpaired) electrons. The Balaban J connectivity index is 2.17. The van der Waals surface area contributed by atoms with Crippen molar-refractivity contribution in [2.24, 2.45) is 9.98 Å². The van der Waals surface area contributed by atoms with Crippen molar-refractivity contribution in [1.82, 2.24) is 4.98 Å². The SMILES string of the molecule is C=Nc1cc(C)cc(-c2nc3c(F)cc(F)cc3s2)c1/N=C\CCOC. The number of aromatic nitrogens is 1. The predicted molar refractivity (Wildman–Crippen MR) is 104 cm³/mol. The fraction of sp³-hybridized carbons (Fsp3) is 0.211. The lowest BCUT2D eigenvalue weighted by Gasteiger charge is -2.08. The van der Waals surface area contributed by atoms with Gasteiger partial charge in [0.2, 0.25) is 0 Å². The van der Waals surface area contributed by atoms with Crippen LogP contribution in [-0.4, -0.2) is 31.6 Å². The van der Waals surface area contributed by atoms with Crippen LogP contribution in [-0.2, 0) is 4.74 Å². The van der Waals surface area contributed by atoms with Crippen molar-refractivity contribution in [2.45, 2.75) is 13.3 Å². The molecule has 0 amide bonds. The van der Waals surface area contributed by atoms with Gasteiger partial charge in [-0.25, -0.2) is 13.8 Å². The molecule has 1 heterocycles. The maximum Gasteiger partial charge on any atom is 0.153 e. The monoisotopic (exact) mass is 373 g/mol. The molecule has 0 saturated carbocycles. The maximum atomic E-state index is 14.0. The van der Waals surface area contributed by atoms with E-state index in [9.17, 15) is 8.78 Å². The summed E-state index contributed by atoms with van der Waals surface area (Å²) < 4.78 is 33.0. The summed E-state index contributed by atoms with van der Waals surface area (Å²) in [6, 6.07) is 5.89. The topological polar surface area (TPSA) is 46.8 Å². The van der Waals surface area contributed by atoms with E-state index in [1.54, 1.807) is 13.3 Å². The molecule has 0 spiro atoms. The Kier molecular flexibility index (Phi) is 5.49. The van der Waals surface area contributed by atoms with Gasteiger partial charge < -0.3 is 4.74 Å². The molecule has 2 aromatic carbocycles. The van der Waals surface area contributed by atoms with Crippen molar-refractivity contribution in [3.8, 4) is 10.6 Å². The van der Waals surface area contributed by atoms with Crippen molar-refractivity contribution in [2.75, 3.05) is 13.7 Å². The van der Waals surface area contributed by atoms with E-state index >= 15 is 0 Å². The summed E-state index contributed by atoms with van der Waals surface area (Å²) in [6.07, 6.45) is 2.38.